The fraction of sp³-hybridized carbons (Fsp3) is 0.192. The number of imide groups is 1. The highest BCUT2D eigenvalue weighted by Crippen LogP contribution is 2.28. The van der Waals surface area contributed by atoms with Gasteiger partial charge in [-0.3, -0.25) is 14.5 Å². The molecule has 0 bridgehead atoms. The summed E-state index contributed by atoms with van der Waals surface area (Å²) in [6.07, 6.45) is 0. The number of rotatable bonds is 7. The van der Waals surface area contributed by atoms with Crippen LogP contribution in [-0.2, 0) is 28.2 Å². The normalized spacial score (nSPS) is 17.8. The molecular formula is C26H25N3O3. The van der Waals surface area contributed by atoms with Crippen molar-refractivity contribution in [3.05, 3.63) is 108 Å². The summed E-state index contributed by atoms with van der Waals surface area (Å²) in [5, 5.41) is 2.76. The van der Waals surface area contributed by atoms with Gasteiger partial charge in [-0.25, -0.2) is 4.79 Å². The predicted molar refractivity (Wildman–Crippen MR) is 121 cm³/mol. The Kier molecular flexibility index (Phi) is 6.03. The van der Waals surface area contributed by atoms with Gasteiger partial charge < -0.3 is 10.2 Å². The first-order chi connectivity index (χ1) is 15.5. The summed E-state index contributed by atoms with van der Waals surface area (Å²) in [7, 11) is 0. The van der Waals surface area contributed by atoms with Crippen molar-refractivity contribution in [1.82, 2.24) is 15.1 Å². The van der Waals surface area contributed by atoms with Crippen LogP contribution in [-0.4, -0.2) is 34.2 Å². The van der Waals surface area contributed by atoms with Gasteiger partial charge in [0.1, 0.15) is 12.1 Å². The average molecular weight is 428 g/mol. The maximum absolute atomic E-state index is 13.3. The maximum atomic E-state index is 13.3. The molecule has 162 valence electrons. The lowest BCUT2D eigenvalue weighted by Gasteiger charge is -2.26. The van der Waals surface area contributed by atoms with Crippen LogP contribution < -0.4 is 5.32 Å². The lowest BCUT2D eigenvalue weighted by atomic mass is 9.92. The first-order valence-electron chi connectivity index (χ1n) is 10.5. The number of amides is 4. The Bertz CT molecular complexity index is 1060. The molecule has 4 rings (SSSR count). The van der Waals surface area contributed by atoms with E-state index in [1.54, 1.807) is 24.0 Å². The number of benzene rings is 3. The van der Waals surface area contributed by atoms with Gasteiger partial charge in [-0.15, -0.1) is 0 Å². The number of nitrogens with one attached hydrogen (secondary N) is 1. The highest BCUT2D eigenvalue weighted by molar-refractivity contribution is 6.09. The molecule has 6 heteroatoms. The van der Waals surface area contributed by atoms with E-state index in [0.29, 0.717) is 18.7 Å². The fourth-order valence-corrected chi connectivity index (χ4v) is 3.88. The monoisotopic (exact) mass is 427 g/mol. The molecule has 4 amide bonds. The summed E-state index contributed by atoms with van der Waals surface area (Å²) >= 11 is 0. The third kappa shape index (κ3) is 4.39. The fourth-order valence-electron chi connectivity index (χ4n) is 3.88. The summed E-state index contributed by atoms with van der Waals surface area (Å²) < 4.78 is 0. The van der Waals surface area contributed by atoms with E-state index < -0.39 is 17.5 Å². The van der Waals surface area contributed by atoms with E-state index in [4.69, 9.17) is 0 Å². The molecule has 6 nitrogen and oxygen atoms in total. The van der Waals surface area contributed by atoms with Crippen molar-refractivity contribution in [1.29, 1.82) is 0 Å². The minimum atomic E-state index is -1.19. The van der Waals surface area contributed by atoms with Gasteiger partial charge in [-0.2, -0.15) is 0 Å². The molecule has 0 saturated carbocycles. The number of carbonyl (C=O) groups is 3. The molecule has 0 aliphatic carbocycles. The Labute approximate surface area is 187 Å². The Morgan fingerprint density at radius 3 is 1.78 bits per heavy atom. The van der Waals surface area contributed by atoms with Gasteiger partial charge in [-0.1, -0.05) is 91.0 Å². The summed E-state index contributed by atoms with van der Waals surface area (Å²) in [6, 6.07) is 27.8. The summed E-state index contributed by atoms with van der Waals surface area (Å²) in [5.74, 6) is -0.722. The van der Waals surface area contributed by atoms with E-state index in [2.05, 4.69) is 5.32 Å². The first-order valence-corrected chi connectivity index (χ1v) is 10.5. The van der Waals surface area contributed by atoms with Crippen LogP contribution in [0.1, 0.15) is 23.6 Å². The molecule has 0 radical (unpaired) electrons. The zero-order chi connectivity index (χ0) is 22.6. The minimum Gasteiger partial charge on any atom is -0.332 e. The van der Waals surface area contributed by atoms with Crippen molar-refractivity contribution >= 4 is 17.8 Å². The van der Waals surface area contributed by atoms with Crippen LogP contribution in [0.2, 0.25) is 0 Å². The largest absolute Gasteiger partial charge is 0.332 e. The van der Waals surface area contributed by atoms with Crippen molar-refractivity contribution < 1.29 is 14.4 Å². The molecule has 1 saturated heterocycles. The van der Waals surface area contributed by atoms with Crippen molar-refractivity contribution in [3.63, 3.8) is 0 Å². The molecule has 1 N–H and O–H groups in total. The molecule has 1 aliphatic heterocycles. The number of nitrogens with zero attached hydrogens (tertiary/aromatic N) is 2. The smallest absolute Gasteiger partial charge is 0.325 e. The summed E-state index contributed by atoms with van der Waals surface area (Å²) in [6.45, 7) is 2.12. The average Bonchev–Trinajstić information content (AvgIpc) is 3.04. The molecule has 1 fully saturated rings. The standard InChI is InChI=1S/C26H25N3O3/c1-26(22-15-9-4-10-16-22)24(31)29(25(32)27-26)19-23(30)28(17-20-11-5-2-6-12-20)18-21-13-7-3-8-14-21/h2-16H,17-19H2,1H3,(H,27,32). The highest BCUT2D eigenvalue weighted by Gasteiger charge is 2.49. The van der Waals surface area contributed by atoms with E-state index in [1.807, 2.05) is 78.9 Å². The van der Waals surface area contributed by atoms with Crippen LogP contribution in [0.25, 0.3) is 0 Å². The molecular weight excluding hydrogens is 402 g/mol. The van der Waals surface area contributed by atoms with Gasteiger partial charge in [0.15, 0.2) is 0 Å². The number of hydrogen-bond acceptors (Lipinski definition) is 3. The molecule has 0 aromatic heterocycles. The van der Waals surface area contributed by atoms with Crippen LogP contribution in [0.15, 0.2) is 91.0 Å². The number of carbonyl (C=O) groups excluding carboxylic acids is 3. The maximum Gasteiger partial charge on any atom is 0.325 e. The number of urea groups is 1. The van der Waals surface area contributed by atoms with Gasteiger partial charge in [-0.05, 0) is 23.6 Å². The van der Waals surface area contributed by atoms with Crippen LogP contribution in [0, 0.1) is 0 Å². The topological polar surface area (TPSA) is 69.7 Å². The Hall–Kier alpha value is -3.93. The van der Waals surface area contributed by atoms with Crippen molar-refractivity contribution in [2.45, 2.75) is 25.6 Å². The van der Waals surface area contributed by atoms with Gasteiger partial charge in [0, 0.05) is 13.1 Å². The molecule has 1 unspecified atom stereocenters. The Morgan fingerprint density at radius 1 is 0.812 bits per heavy atom. The van der Waals surface area contributed by atoms with Gasteiger partial charge >= 0.3 is 6.03 Å². The minimum absolute atomic E-state index is 0.293. The predicted octanol–water partition coefficient (Wildman–Crippen LogP) is 3.68. The zero-order valence-corrected chi connectivity index (χ0v) is 17.9. The van der Waals surface area contributed by atoms with Gasteiger partial charge in [0.25, 0.3) is 5.91 Å². The second-order valence-corrected chi connectivity index (χ2v) is 8.03. The van der Waals surface area contributed by atoms with Crippen LogP contribution in [0.4, 0.5) is 4.79 Å². The molecule has 3 aromatic carbocycles. The van der Waals surface area contributed by atoms with Gasteiger partial charge in [0.2, 0.25) is 5.91 Å². The van der Waals surface area contributed by atoms with E-state index in [0.717, 1.165) is 16.0 Å². The van der Waals surface area contributed by atoms with Gasteiger partial charge in [0.05, 0.1) is 0 Å². The van der Waals surface area contributed by atoms with E-state index in [9.17, 15) is 14.4 Å². The SMILES string of the molecule is CC1(c2ccccc2)NC(=O)N(CC(=O)N(Cc2ccccc2)Cc2ccccc2)C1=O. The third-order valence-electron chi connectivity index (χ3n) is 5.70. The lowest BCUT2D eigenvalue weighted by molar-refractivity contribution is -0.139. The summed E-state index contributed by atoms with van der Waals surface area (Å²) in [5.41, 5.74) is 1.44. The summed E-state index contributed by atoms with van der Waals surface area (Å²) in [4.78, 5) is 41.8. The quantitative estimate of drug-likeness (QED) is 0.585. The Balaban J connectivity index is 1.54. The third-order valence-corrected chi connectivity index (χ3v) is 5.70. The highest BCUT2D eigenvalue weighted by atomic mass is 16.2. The second-order valence-electron chi connectivity index (χ2n) is 8.03. The molecule has 0 spiro atoms. The lowest BCUT2D eigenvalue weighted by Crippen LogP contribution is -2.44. The Morgan fingerprint density at radius 2 is 1.28 bits per heavy atom. The zero-order valence-electron chi connectivity index (χ0n) is 17.9. The van der Waals surface area contributed by atoms with E-state index >= 15 is 0 Å². The van der Waals surface area contributed by atoms with Crippen molar-refractivity contribution in [3.8, 4) is 0 Å². The number of hydrogen-bond donors (Lipinski definition) is 1. The molecule has 3 aromatic rings. The van der Waals surface area contributed by atoms with Crippen molar-refractivity contribution in [2.24, 2.45) is 0 Å². The van der Waals surface area contributed by atoms with Crippen molar-refractivity contribution in [2.75, 3.05) is 6.54 Å². The molecule has 32 heavy (non-hydrogen) atoms. The van der Waals surface area contributed by atoms with Crippen LogP contribution >= 0.6 is 0 Å². The molecule has 1 aliphatic rings. The van der Waals surface area contributed by atoms with Crippen LogP contribution in [0.5, 0.6) is 0 Å². The molecule has 1 heterocycles. The van der Waals surface area contributed by atoms with Crippen LogP contribution in [0.3, 0.4) is 0 Å². The van der Waals surface area contributed by atoms with E-state index in [-0.39, 0.29) is 12.5 Å². The molecule has 1 atom stereocenters. The van der Waals surface area contributed by atoms with E-state index in [1.165, 1.54) is 0 Å². The first kappa shape index (κ1) is 21.3. The second kappa shape index (κ2) is 9.06.